The molecule has 1 aromatic carbocycles. The number of nitrogens with two attached hydrogens (primary N) is 1. The van der Waals surface area contributed by atoms with Crippen molar-refractivity contribution >= 4 is 15.9 Å². The van der Waals surface area contributed by atoms with Gasteiger partial charge < -0.3 is 10.5 Å². The van der Waals surface area contributed by atoms with Crippen LogP contribution in [0.4, 0.5) is 0 Å². The van der Waals surface area contributed by atoms with Crippen molar-refractivity contribution in [2.75, 3.05) is 7.11 Å². The SMILES string of the molecule is COc1ccc(CC(N)C2CCCCC2)cc1Br. The molecule has 1 aliphatic rings. The van der Waals surface area contributed by atoms with Crippen molar-refractivity contribution in [2.24, 2.45) is 11.7 Å². The van der Waals surface area contributed by atoms with Gasteiger partial charge in [0.05, 0.1) is 11.6 Å². The maximum Gasteiger partial charge on any atom is 0.133 e. The van der Waals surface area contributed by atoms with Gasteiger partial charge >= 0.3 is 0 Å². The maximum absolute atomic E-state index is 6.35. The molecule has 1 fully saturated rings. The zero-order valence-electron chi connectivity index (χ0n) is 11.0. The number of hydrogen-bond acceptors (Lipinski definition) is 2. The largest absolute Gasteiger partial charge is 0.496 e. The van der Waals surface area contributed by atoms with Crippen LogP contribution in [0.3, 0.4) is 0 Å². The van der Waals surface area contributed by atoms with Crippen molar-refractivity contribution < 1.29 is 4.74 Å². The molecule has 1 atom stereocenters. The Balaban J connectivity index is 1.97. The molecule has 18 heavy (non-hydrogen) atoms. The summed E-state index contributed by atoms with van der Waals surface area (Å²) in [6.07, 6.45) is 7.66. The Labute approximate surface area is 118 Å². The standard InChI is InChI=1S/C15H22BrNO/c1-18-15-8-7-11(9-13(15)16)10-14(17)12-5-3-2-4-6-12/h7-9,12,14H,2-6,10,17H2,1H3. The first-order valence-corrected chi connectivity index (χ1v) is 7.58. The van der Waals surface area contributed by atoms with E-state index < -0.39 is 0 Å². The van der Waals surface area contributed by atoms with Gasteiger partial charge in [0, 0.05) is 6.04 Å². The third-order valence-electron chi connectivity index (χ3n) is 3.94. The molecular formula is C15H22BrNO. The minimum absolute atomic E-state index is 0.297. The van der Waals surface area contributed by atoms with Gasteiger partial charge in [0.15, 0.2) is 0 Å². The average molecular weight is 312 g/mol. The first kappa shape index (κ1) is 13.9. The second kappa shape index (κ2) is 6.58. The number of halogens is 1. The second-order valence-electron chi connectivity index (χ2n) is 5.23. The minimum Gasteiger partial charge on any atom is -0.496 e. The van der Waals surface area contributed by atoms with Crippen molar-refractivity contribution in [3.63, 3.8) is 0 Å². The number of ether oxygens (including phenoxy) is 1. The summed E-state index contributed by atoms with van der Waals surface area (Å²) in [5, 5.41) is 0. The predicted molar refractivity (Wildman–Crippen MR) is 78.9 cm³/mol. The van der Waals surface area contributed by atoms with Gasteiger partial charge in [0.25, 0.3) is 0 Å². The van der Waals surface area contributed by atoms with Crippen LogP contribution in [0.1, 0.15) is 37.7 Å². The van der Waals surface area contributed by atoms with Gasteiger partial charge in [-0.25, -0.2) is 0 Å². The highest BCUT2D eigenvalue weighted by Crippen LogP contribution is 2.29. The molecule has 0 bridgehead atoms. The van der Waals surface area contributed by atoms with E-state index in [1.807, 2.05) is 6.07 Å². The van der Waals surface area contributed by atoms with Crippen molar-refractivity contribution in [3.8, 4) is 5.75 Å². The third-order valence-corrected chi connectivity index (χ3v) is 4.56. The van der Waals surface area contributed by atoms with Crippen LogP contribution in [0, 0.1) is 5.92 Å². The third kappa shape index (κ3) is 3.48. The summed E-state index contributed by atoms with van der Waals surface area (Å²) in [6.45, 7) is 0. The Morgan fingerprint density at radius 1 is 1.33 bits per heavy atom. The number of hydrogen-bond donors (Lipinski definition) is 1. The van der Waals surface area contributed by atoms with Gasteiger partial charge in [-0.1, -0.05) is 25.3 Å². The maximum atomic E-state index is 6.35. The first-order valence-electron chi connectivity index (χ1n) is 6.78. The van der Waals surface area contributed by atoms with Crippen LogP contribution < -0.4 is 10.5 Å². The molecule has 0 saturated heterocycles. The van der Waals surface area contributed by atoms with Gasteiger partial charge in [-0.3, -0.25) is 0 Å². The molecule has 2 rings (SSSR count). The molecule has 1 saturated carbocycles. The van der Waals surface area contributed by atoms with Crippen LogP contribution in [-0.4, -0.2) is 13.2 Å². The van der Waals surface area contributed by atoms with Gasteiger partial charge in [-0.2, -0.15) is 0 Å². The molecule has 0 aromatic heterocycles. The summed E-state index contributed by atoms with van der Waals surface area (Å²) in [6, 6.07) is 6.55. The summed E-state index contributed by atoms with van der Waals surface area (Å²) < 4.78 is 6.26. The molecule has 0 aliphatic heterocycles. The Bertz CT molecular complexity index is 388. The lowest BCUT2D eigenvalue weighted by Crippen LogP contribution is -2.33. The van der Waals surface area contributed by atoms with Crippen molar-refractivity contribution in [1.82, 2.24) is 0 Å². The van der Waals surface area contributed by atoms with E-state index in [1.54, 1.807) is 7.11 Å². The smallest absolute Gasteiger partial charge is 0.133 e. The molecule has 0 radical (unpaired) electrons. The fourth-order valence-electron chi connectivity index (χ4n) is 2.84. The lowest BCUT2D eigenvalue weighted by molar-refractivity contribution is 0.303. The van der Waals surface area contributed by atoms with E-state index in [0.717, 1.165) is 16.6 Å². The van der Waals surface area contributed by atoms with E-state index in [0.29, 0.717) is 12.0 Å². The van der Waals surface area contributed by atoms with Crippen molar-refractivity contribution in [1.29, 1.82) is 0 Å². The van der Waals surface area contributed by atoms with Gasteiger partial charge in [0.1, 0.15) is 5.75 Å². The highest BCUT2D eigenvalue weighted by molar-refractivity contribution is 9.10. The quantitative estimate of drug-likeness (QED) is 0.915. The molecule has 100 valence electrons. The predicted octanol–water partition coefficient (Wildman–Crippen LogP) is 3.91. The summed E-state index contributed by atoms with van der Waals surface area (Å²) in [4.78, 5) is 0. The first-order chi connectivity index (χ1) is 8.70. The average Bonchev–Trinajstić information content (AvgIpc) is 2.40. The van der Waals surface area contributed by atoms with Crippen LogP contribution in [-0.2, 0) is 6.42 Å². The molecule has 2 nitrogen and oxygen atoms in total. The lowest BCUT2D eigenvalue weighted by atomic mass is 9.82. The van der Waals surface area contributed by atoms with Crippen LogP contribution in [0.25, 0.3) is 0 Å². The number of rotatable bonds is 4. The molecular weight excluding hydrogens is 290 g/mol. The fraction of sp³-hybridized carbons (Fsp3) is 0.600. The van der Waals surface area contributed by atoms with E-state index in [9.17, 15) is 0 Å². The van der Waals surface area contributed by atoms with E-state index in [1.165, 1.54) is 37.7 Å². The highest BCUT2D eigenvalue weighted by atomic mass is 79.9. The molecule has 1 aliphatic carbocycles. The lowest BCUT2D eigenvalue weighted by Gasteiger charge is -2.27. The van der Waals surface area contributed by atoms with E-state index in [-0.39, 0.29) is 0 Å². The van der Waals surface area contributed by atoms with E-state index in [2.05, 4.69) is 28.1 Å². The fourth-order valence-corrected chi connectivity index (χ4v) is 3.43. The number of methoxy groups -OCH3 is 1. The zero-order chi connectivity index (χ0) is 13.0. The van der Waals surface area contributed by atoms with E-state index >= 15 is 0 Å². The van der Waals surface area contributed by atoms with Gasteiger partial charge in [0.2, 0.25) is 0 Å². The molecule has 1 aromatic rings. The van der Waals surface area contributed by atoms with Gasteiger partial charge in [-0.15, -0.1) is 0 Å². The number of benzene rings is 1. The molecule has 0 spiro atoms. The van der Waals surface area contributed by atoms with Crippen LogP contribution in [0.2, 0.25) is 0 Å². The van der Waals surface area contributed by atoms with Crippen LogP contribution >= 0.6 is 15.9 Å². The minimum atomic E-state index is 0.297. The summed E-state index contributed by atoms with van der Waals surface area (Å²) >= 11 is 3.53. The topological polar surface area (TPSA) is 35.2 Å². The molecule has 2 N–H and O–H groups in total. The second-order valence-corrected chi connectivity index (χ2v) is 6.09. The van der Waals surface area contributed by atoms with Crippen LogP contribution in [0.15, 0.2) is 22.7 Å². The molecule has 0 heterocycles. The van der Waals surface area contributed by atoms with E-state index in [4.69, 9.17) is 10.5 Å². The van der Waals surface area contributed by atoms with Crippen molar-refractivity contribution in [3.05, 3.63) is 28.2 Å². The Kier molecular flexibility index (Phi) is 5.07. The Hall–Kier alpha value is -0.540. The van der Waals surface area contributed by atoms with Gasteiger partial charge in [-0.05, 0) is 58.8 Å². The molecule has 1 unspecified atom stereocenters. The molecule has 3 heteroatoms. The summed E-state index contributed by atoms with van der Waals surface area (Å²) in [5.74, 6) is 1.59. The summed E-state index contributed by atoms with van der Waals surface area (Å²) in [5.41, 5.74) is 7.65. The molecule has 0 amide bonds. The Morgan fingerprint density at radius 2 is 2.06 bits per heavy atom. The Morgan fingerprint density at radius 3 is 2.67 bits per heavy atom. The van der Waals surface area contributed by atoms with Crippen molar-refractivity contribution in [2.45, 2.75) is 44.6 Å². The normalized spacial score (nSPS) is 18.6. The zero-order valence-corrected chi connectivity index (χ0v) is 12.6. The monoisotopic (exact) mass is 311 g/mol. The summed E-state index contributed by atoms with van der Waals surface area (Å²) in [7, 11) is 1.69. The van der Waals surface area contributed by atoms with Crippen LogP contribution in [0.5, 0.6) is 5.75 Å². The highest BCUT2D eigenvalue weighted by Gasteiger charge is 2.20.